The van der Waals surface area contributed by atoms with E-state index in [-0.39, 0.29) is 5.76 Å². The highest BCUT2D eigenvalue weighted by molar-refractivity contribution is 5.85. The number of carboxylic acid groups (broad SMARTS) is 1. The fourth-order valence-electron chi connectivity index (χ4n) is 1.72. The van der Waals surface area contributed by atoms with E-state index < -0.39 is 5.97 Å². The number of carbonyl (C=O) groups is 1. The predicted molar refractivity (Wildman–Crippen MR) is 69.3 cm³/mol. The lowest BCUT2D eigenvalue weighted by atomic mass is 10.2. The molecule has 5 heteroatoms. The van der Waals surface area contributed by atoms with Crippen LogP contribution in [0.25, 0.3) is 0 Å². The van der Waals surface area contributed by atoms with E-state index in [4.69, 9.17) is 14.8 Å². The van der Waals surface area contributed by atoms with E-state index in [1.165, 1.54) is 6.07 Å². The quantitative estimate of drug-likeness (QED) is 0.889. The van der Waals surface area contributed by atoms with Crippen molar-refractivity contribution in [1.82, 2.24) is 0 Å². The summed E-state index contributed by atoms with van der Waals surface area (Å²) in [6.07, 6.45) is 0.317. The van der Waals surface area contributed by atoms with Crippen LogP contribution in [-0.4, -0.2) is 17.6 Å². The summed E-state index contributed by atoms with van der Waals surface area (Å²) in [5.74, 6) is -0.814. The van der Waals surface area contributed by atoms with Gasteiger partial charge >= 0.3 is 5.97 Å². The molecule has 0 spiro atoms. The average molecular weight is 256 g/mol. The number of para-hydroxylation sites is 1. The second-order valence-corrected chi connectivity index (χ2v) is 3.84. The monoisotopic (exact) mass is 256 g/mol. The number of furan rings is 1. The zero-order valence-electron chi connectivity index (χ0n) is 10.1. The van der Waals surface area contributed by atoms with Gasteiger partial charge in [-0.2, -0.15) is 5.26 Å². The lowest BCUT2D eigenvalue weighted by molar-refractivity contribution is 0.0663. The first-order valence-corrected chi connectivity index (χ1v) is 5.75. The third kappa shape index (κ3) is 2.93. The van der Waals surface area contributed by atoms with Gasteiger partial charge in [-0.25, -0.2) is 4.79 Å². The molecule has 0 aliphatic carbocycles. The van der Waals surface area contributed by atoms with Gasteiger partial charge in [-0.1, -0.05) is 18.2 Å². The first-order chi connectivity index (χ1) is 9.22. The molecule has 0 unspecified atom stereocenters. The number of hydrogen-bond donors (Lipinski definition) is 1. The summed E-state index contributed by atoms with van der Waals surface area (Å²) in [7, 11) is 0. The Morgan fingerprint density at radius 2 is 2.00 bits per heavy atom. The van der Waals surface area contributed by atoms with Gasteiger partial charge in [0.2, 0.25) is 11.6 Å². The van der Waals surface area contributed by atoms with Crippen molar-refractivity contribution in [3.05, 3.63) is 48.2 Å². The molecule has 1 aromatic heterocycles. The molecule has 2 aromatic rings. The number of carboxylic acids is 1. The molecule has 1 aromatic carbocycles. The Labute approximate surface area is 110 Å². The molecule has 0 bridgehead atoms. The molecule has 2 rings (SSSR count). The van der Waals surface area contributed by atoms with Crippen molar-refractivity contribution in [1.29, 1.82) is 5.26 Å². The van der Waals surface area contributed by atoms with Gasteiger partial charge in [-0.15, -0.1) is 0 Å². The summed E-state index contributed by atoms with van der Waals surface area (Å²) in [6, 6.07) is 14.4. The Morgan fingerprint density at radius 1 is 1.26 bits per heavy atom. The molecule has 0 atom stereocenters. The second-order valence-electron chi connectivity index (χ2n) is 3.84. The van der Waals surface area contributed by atoms with Gasteiger partial charge < -0.3 is 14.4 Å². The van der Waals surface area contributed by atoms with Gasteiger partial charge in [-0.3, -0.25) is 0 Å². The molecule has 0 saturated heterocycles. The van der Waals surface area contributed by atoms with Crippen molar-refractivity contribution in [2.75, 3.05) is 11.4 Å². The molecule has 1 heterocycles. The Balaban J connectivity index is 2.32. The number of nitrogens with zero attached hydrogens (tertiary/aromatic N) is 2. The van der Waals surface area contributed by atoms with E-state index in [1.807, 2.05) is 30.3 Å². The fraction of sp³-hybridized carbons (Fsp3) is 0.143. The van der Waals surface area contributed by atoms with Gasteiger partial charge in [0.15, 0.2) is 0 Å². The third-order valence-corrected chi connectivity index (χ3v) is 2.58. The van der Waals surface area contributed by atoms with Crippen LogP contribution in [0, 0.1) is 11.3 Å². The lowest BCUT2D eigenvalue weighted by Crippen LogP contribution is -2.17. The van der Waals surface area contributed by atoms with Crippen molar-refractivity contribution in [3.8, 4) is 6.07 Å². The van der Waals surface area contributed by atoms with Crippen LogP contribution >= 0.6 is 0 Å². The van der Waals surface area contributed by atoms with Crippen molar-refractivity contribution >= 4 is 17.5 Å². The maximum Gasteiger partial charge on any atom is 0.371 e. The summed E-state index contributed by atoms with van der Waals surface area (Å²) < 4.78 is 5.28. The standard InChI is InChI=1S/C14H12N2O3/c15-9-4-10-16(11-5-2-1-3-6-11)13-8-7-12(19-13)14(17)18/h1-3,5-8H,4,10H2,(H,17,18). The highest BCUT2D eigenvalue weighted by atomic mass is 16.4. The molecular weight excluding hydrogens is 244 g/mol. The summed E-state index contributed by atoms with van der Waals surface area (Å²) in [5.41, 5.74) is 0.851. The number of benzene rings is 1. The van der Waals surface area contributed by atoms with E-state index in [9.17, 15) is 4.79 Å². The zero-order valence-corrected chi connectivity index (χ0v) is 10.1. The van der Waals surface area contributed by atoms with Gasteiger partial charge in [0, 0.05) is 18.3 Å². The minimum atomic E-state index is -1.11. The maximum absolute atomic E-state index is 10.8. The zero-order chi connectivity index (χ0) is 13.7. The normalized spacial score (nSPS) is 9.84. The first kappa shape index (κ1) is 12.7. The fourth-order valence-corrected chi connectivity index (χ4v) is 1.72. The summed E-state index contributed by atoms with van der Waals surface area (Å²) >= 11 is 0. The topological polar surface area (TPSA) is 77.5 Å². The molecule has 0 aliphatic rings. The molecule has 0 fully saturated rings. The minimum absolute atomic E-state index is 0.118. The minimum Gasteiger partial charge on any atom is -0.475 e. The first-order valence-electron chi connectivity index (χ1n) is 5.75. The van der Waals surface area contributed by atoms with Gasteiger partial charge in [0.25, 0.3) is 0 Å². The summed E-state index contributed by atoms with van der Waals surface area (Å²) in [5, 5.41) is 17.6. The smallest absolute Gasteiger partial charge is 0.371 e. The molecule has 96 valence electrons. The van der Waals surface area contributed by atoms with Gasteiger partial charge in [0.05, 0.1) is 12.5 Å². The molecule has 0 aliphatic heterocycles. The highest BCUT2D eigenvalue weighted by Gasteiger charge is 2.15. The van der Waals surface area contributed by atoms with Crippen LogP contribution in [0.2, 0.25) is 0 Å². The second kappa shape index (κ2) is 5.74. The van der Waals surface area contributed by atoms with Crippen molar-refractivity contribution in [2.24, 2.45) is 0 Å². The van der Waals surface area contributed by atoms with Crippen LogP contribution in [0.3, 0.4) is 0 Å². The Hall–Kier alpha value is -2.74. The van der Waals surface area contributed by atoms with Crippen LogP contribution in [0.1, 0.15) is 17.0 Å². The third-order valence-electron chi connectivity index (χ3n) is 2.58. The van der Waals surface area contributed by atoms with Crippen LogP contribution in [-0.2, 0) is 0 Å². The molecule has 1 N–H and O–H groups in total. The molecule has 0 radical (unpaired) electrons. The predicted octanol–water partition coefficient (Wildman–Crippen LogP) is 3.03. The maximum atomic E-state index is 10.8. The van der Waals surface area contributed by atoms with E-state index in [0.717, 1.165) is 5.69 Å². The molecular formula is C14H12N2O3. The molecule has 0 amide bonds. The number of anilines is 2. The molecule has 0 saturated carbocycles. The van der Waals surface area contributed by atoms with E-state index >= 15 is 0 Å². The molecule has 5 nitrogen and oxygen atoms in total. The molecule has 19 heavy (non-hydrogen) atoms. The number of nitriles is 1. The van der Waals surface area contributed by atoms with Crippen molar-refractivity contribution in [2.45, 2.75) is 6.42 Å². The summed E-state index contributed by atoms with van der Waals surface area (Å²) in [4.78, 5) is 12.6. The van der Waals surface area contributed by atoms with E-state index in [2.05, 4.69) is 6.07 Å². The van der Waals surface area contributed by atoms with Crippen LogP contribution in [0.4, 0.5) is 11.6 Å². The van der Waals surface area contributed by atoms with Crippen LogP contribution in [0.15, 0.2) is 46.9 Å². The van der Waals surface area contributed by atoms with Crippen LogP contribution < -0.4 is 4.90 Å². The van der Waals surface area contributed by atoms with Gasteiger partial charge in [0.1, 0.15) is 0 Å². The lowest BCUT2D eigenvalue weighted by Gasteiger charge is -2.20. The Morgan fingerprint density at radius 3 is 2.58 bits per heavy atom. The number of rotatable bonds is 5. The largest absolute Gasteiger partial charge is 0.475 e. The number of hydrogen-bond acceptors (Lipinski definition) is 4. The SMILES string of the molecule is N#CCCN(c1ccccc1)c1ccc(C(=O)O)o1. The van der Waals surface area contributed by atoms with Crippen LogP contribution in [0.5, 0.6) is 0 Å². The average Bonchev–Trinajstić information content (AvgIpc) is 2.90. The highest BCUT2D eigenvalue weighted by Crippen LogP contribution is 2.27. The van der Waals surface area contributed by atoms with Gasteiger partial charge in [-0.05, 0) is 18.2 Å². The Bertz CT molecular complexity index is 599. The summed E-state index contributed by atoms with van der Waals surface area (Å²) in [6.45, 7) is 0.438. The van der Waals surface area contributed by atoms with E-state index in [1.54, 1.807) is 11.0 Å². The Kier molecular flexibility index (Phi) is 3.84. The van der Waals surface area contributed by atoms with Crippen molar-refractivity contribution < 1.29 is 14.3 Å². The number of aromatic carboxylic acids is 1. The van der Waals surface area contributed by atoms with Crippen molar-refractivity contribution in [3.63, 3.8) is 0 Å². The van der Waals surface area contributed by atoms with E-state index in [0.29, 0.717) is 18.8 Å².